The molecule has 0 unspecified atom stereocenters. The number of rotatable bonds is 0. The topological polar surface area (TPSA) is 0 Å². The molecule has 1 aliphatic rings. The van der Waals surface area contributed by atoms with Gasteiger partial charge in [0.05, 0.1) is 0 Å². The average Bonchev–Trinajstić information content (AvgIpc) is 2.26. The largest absolute Gasteiger partial charge is 0.207 e. The highest BCUT2D eigenvalue weighted by molar-refractivity contribution is 7.99. The zero-order chi connectivity index (χ0) is 11.1. The van der Waals surface area contributed by atoms with E-state index in [1.54, 1.807) is 17.8 Å². The summed E-state index contributed by atoms with van der Waals surface area (Å²) in [6.45, 7) is 0. The van der Waals surface area contributed by atoms with E-state index in [1.807, 2.05) is 24.3 Å². The SMILES string of the molecule is Fc1ccc2c(c1)Sc1ccc(Cl)cc1C2. The van der Waals surface area contributed by atoms with Crippen LogP contribution in [0.3, 0.4) is 0 Å². The molecule has 3 heteroatoms. The third kappa shape index (κ3) is 1.72. The minimum absolute atomic E-state index is 0.177. The Morgan fingerprint density at radius 1 is 1.00 bits per heavy atom. The maximum atomic E-state index is 13.1. The summed E-state index contributed by atoms with van der Waals surface area (Å²) in [6.07, 6.45) is 0.832. The first-order chi connectivity index (χ1) is 7.72. The van der Waals surface area contributed by atoms with Gasteiger partial charge in [0.1, 0.15) is 5.82 Å². The van der Waals surface area contributed by atoms with Crippen molar-refractivity contribution < 1.29 is 4.39 Å². The van der Waals surface area contributed by atoms with E-state index in [4.69, 9.17) is 11.6 Å². The van der Waals surface area contributed by atoms with E-state index in [9.17, 15) is 4.39 Å². The van der Waals surface area contributed by atoms with Gasteiger partial charge >= 0.3 is 0 Å². The van der Waals surface area contributed by atoms with Gasteiger partial charge in [0, 0.05) is 14.8 Å². The average molecular weight is 251 g/mol. The molecule has 0 amide bonds. The normalized spacial score (nSPS) is 13.1. The Hall–Kier alpha value is -0.990. The Morgan fingerprint density at radius 2 is 1.88 bits per heavy atom. The summed E-state index contributed by atoms with van der Waals surface area (Å²) in [5, 5.41) is 0.755. The summed E-state index contributed by atoms with van der Waals surface area (Å²) >= 11 is 7.57. The molecule has 0 fully saturated rings. The van der Waals surface area contributed by atoms with Crippen molar-refractivity contribution in [2.24, 2.45) is 0 Å². The second-order valence-electron chi connectivity index (χ2n) is 3.78. The van der Waals surface area contributed by atoms with Crippen molar-refractivity contribution in [3.8, 4) is 0 Å². The van der Waals surface area contributed by atoms with Crippen LogP contribution in [0.15, 0.2) is 46.2 Å². The highest BCUT2D eigenvalue weighted by Crippen LogP contribution is 2.40. The first kappa shape index (κ1) is 10.2. The van der Waals surface area contributed by atoms with Gasteiger partial charge in [-0.3, -0.25) is 0 Å². The van der Waals surface area contributed by atoms with E-state index >= 15 is 0 Å². The maximum Gasteiger partial charge on any atom is 0.124 e. The molecule has 2 aromatic carbocycles. The van der Waals surface area contributed by atoms with Crippen molar-refractivity contribution in [1.82, 2.24) is 0 Å². The van der Waals surface area contributed by atoms with Gasteiger partial charge in [0.15, 0.2) is 0 Å². The summed E-state index contributed by atoms with van der Waals surface area (Å²) in [6, 6.07) is 10.8. The van der Waals surface area contributed by atoms with Crippen LogP contribution in [-0.4, -0.2) is 0 Å². The summed E-state index contributed by atoms with van der Waals surface area (Å²) in [5.74, 6) is -0.177. The van der Waals surface area contributed by atoms with Crippen LogP contribution in [0.25, 0.3) is 0 Å². The van der Waals surface area contributed by atoms with Gasteiger partial charge in [0.2, 0.25) is 0 Å². The summed E-state index contributed by atoms with van der Waals surface area (Å²) < 4.78 is 13.1. The monoisotopic (exact) mass is 250 g/mol. The quantitative estimate of drug-likeness (QED) is 0.565. The van der Waals surface area contributed by atoms with Crippen LogP contribution in [0, 0.1) is 5.82 Å². The lowest BCUT2D eigenvalue weighted by Gasteiger charge is -2.18. The highest BCUT2D eigenvalue weighted by Gasteiger charge is 2.16. The third-order valence-corrected chi connectivity index (χ3v) is 4.11. The summed E-state index contributed by atoms with van der Waals surface area (Å²) in [7, 11) is 0. The molecule has 1 aliphatic heterocycles. The predicted molar refractivity (Wildman–Crippen MR) is 64.8 cm³/mol. The lowest BCUT2D eigenvalue weighted by atomic mass is 10.0. The Balaban J connectivity index is 2.09. The molecule has 0 radical (unpaired) electrons. The minimum Gasteiger partial charge on any atom is -0.207 e. The fourth-order valence-corrected chi connectivity index (χ4v) is 3.15. The van der Waals surface area contributed by atoms with E-state index in [1.165, 1.54) is 22.1 Å². The van der Waals surface area contributed by atoms with Crippen LogP contribution >= 0.6 is 23.4 Å². The number of halogens is 2. The molecule has 16 heavy (non-hydrogen) atoms. The van der Waals surface area contributed by atoms with Gasteiger partial charge in [-0.15, -0.1) is 0 Å². The lowest BCUT2D eigenvalue weighted by molar-refractivity contribution is 0.622. The van der Waals surface area contributed by atoms with Gasteiger partial charge in [0.25, 0.3) is 0 Å². The highest BCUT2D eigenvalue weighted by atomic mass is 35.5. The molecule has 3 rings (SSSR count). The molecular weight excluding hydrogens is 243 g/mol. The van der Waals surface area contributed by atoms with E-state index in [-0.39, 0.29) is 5.82 Å². The Kier molecular flexibility index (Phi) is 2.41. The van der Waals surface area contributed by atoms with Gasteiger partial charge in [-0.25, -0.2) is 4.39 Å². The molecule has 0 spiro atoms. The minimum atomic E-state index is -0.177. The lowest BCUT2D eigenvalue weighted by Crippen LogP contribution is -1.99. The smallest absolute Gasteiger partial charge is 0.124 e. The van der Waals surface area contributed by atoms with Crippen molar-refractivity contribution in [2.45, 2.75) is 16.2 Å². The zero-order valence-corrected chi connectivity index (χ0v) is 9.91. The molecule has 1 heterocycles. The first-order valence-corrected chi connectivity index (χ1v) is 6.16. The van der Waals surface area contributed by atoms with Crippen LogP contribution in [0.5, 0.6) is 0 Å². The van der Waals surface area contributed by atoms with Gasteiger partial charge in [-0.1, -0.05) is 29.4 Å². The first-order valence-electron chi connectivity index (χ1n) is 4.97. The molecule has 0 aliphatic carbocycles. The van der Waals surface area contributed by atoms with Crippen LogP contribution in [0.1, 0.15) is 11.1 Å². The van der Waals surface area contributed by atoms with E-state index in [0.29, 0.717) is 0 Å². The number of benzene rings is 2. The fourth-order valence-electron chi connectivity index (χ4n) is 1.88. The molecule has 80 valence electrons. The van der Waals surface area contributed by atoms with Crippen LogP contribution < -0.4 is 0 Å². The van der Waals surface area contributed by atoms with E-state index < -0.39 is 0 Å². The van der Waals surface area contributed by atoms with Crippen LogP contribution in [0.4, 0.5) is 4.39 Å². The van der Waals surface area contributed by atoms with Crippen LogP contribution in [0.2, 0.25) is 5.02 Å². The number of hydrogen-bond acceptors (Lipinski definition) is 1. The van der Waals surface area contributed by atoms with Gasteiger partial charge in [-0.05, 0) is 47.9 Å². The summed E-state index contributed by atoms with van der Waals surface area (Å²) in [4.78, 5) is 2.18. The predicted octanol–water partition coefficient (Wildman–Crippen LogP) is 4.53. The Morgan fingerprint density at radius 3 is 2.75 bits per heavy atom. The molecule has 2 aromatic rings. The molecule has 0 nitrogen and oxygen atoms in total. The van der Waals surface area contributed by atoms with Gasteiger partial charge in [-0.2, -0.15) is 0 Å². The second kappa shape index (κ2) is 3.79. The zero-order valence-electron chi connectivity index (χ0n) is 8.34. The van der Waals surface area contributed by atoms with E-state index in [0.717, 1.165) is 16.3 Å². The van der Waals surface area contributed by atoms with Crippen molar-refractivity contribution in [3.63, 3.8) is 0 Å². The molecule has 0 saturated carbocycles. The molecule has 0 aromatic heterocycles. The summed E-state index contributed by atoms with van der Waals surface area (Å²) in [5.41, 5.74) is 2.39. The number of hydrogen-bond donors (Lipinski definition) is 0. The van der Waals surface area contributed by atoms with Crippen molar-refractivity contribution in [1.29, 1.82) is 0 Å². The molecule has 0 saturated heterocycles. The molecule has 0 bridgehead atoms. The Labute approximate surface area is 102 Å². The standard InChI is InChI=1S/C13H8ClFS/c14-10-2-4-12-9(6-10)5-8-1-3-11(15)7-13(8)16-12/h1-4,6-7H,5H2. The van der Waals surface area contributed by atoms with E-state index in [2.05, 4.69) is 0 Å². The van der Waals surface area contributed by atoms with Crippen molar-refractivity contribution in [2.75, 3.05) is 0 Å². The fraction of sp³-hybridized carbons (Fsp3) is 0.0769. The van der Waals surface area contributed by atoms with Crippen molar-refractivity contribution in [3.05, 3.63) is 58.4 Å². The molecule has 0 atom stereocenters. The second-order valence-corrected chi connectivity index (χ2v) is 5.30. The van der Waals surface area contributed by atoms with Crippen LogP contribution in [-0.2, 0) is 6.42 Å². The third-order valence-electron chi connectivity index (χ3n) is 2.65. The molecule has 0 N–H and O–H groups in total. The van der Waals surface area contributed by atoms with Gasteiger partial charge < -0.3 is 0 Å². The Bertz CT molecular complexity index is 514. The number of fused-ring (bicyclic) bond motifs is 2. The maximum absolute atomic E-state index is 13.1. The van der Waals surface area contributed by atoms with Crippen molar-refractivity contribution >= 4 is 23.4 Å². The molecular formula is C13H8ClFS.